The van der Waals surface area contributed by atoms with Crippen LogP contribution in [0.15, 0.2) is 67.0 Å². The summed E-state index contributed by atoms with van der Waals surface area (Å²) in [7, 11) is 0. The zero-order valence-electron chi connectivity index (χ0n) is 17.8. The molecule has 0 aliphatic carbocycles. The van der Waals surface area contributed by atoms with Gasteiger partial charge in [0.25, 0.3) is 0 Å². The molecule has 1 N–H and O–H groups in total. The number of aliphatic hydroxyl groups is 1. The third-order valence-electron chi connectivity index (χ3n) is 5.78. The maximum atomic E-state index is 11.5. The van der Waals surface area contributed by atoms with Crippen LogP contribution < -0.4 is 9.64 Å². The van der Waals surface area contributed by atoms with Crippen LogP contribution >= 0.6 is 11.3 Å². The Kier molecular flexibility index (Phi) is 5.04. The van der Waals surface area contributed by atoms with Crippen LogP contribution in [0.2, 0.25) is 0 Å². The average molecular weight is 443 g/mol. The number of para-hydroxylation sites is 1. The van der Waals surface area contributed by atoms with E-state index in [1.807, 2.05) is 68.6 Å². The molecule has 5 rings (SSSR count). The maximum absolute atomic E-state index is 11.5. The molecule has 6 nitrogen and oxygen atoms in total. The summed E-state index contributed by atoms with van der Waals surface area (Å²) in [6.45, 7) is 4.26. The summed E-state index contributed by atoms with van der Waals surface area (Å²) in [5.74, 6) is 0.668. The first-order valence-electron chi connectivity index (χ1n) is 10.4. The minimum atomic E-state index is -0.854. The number of pyridine rings is 1. The van der Waals surface area contributed by atoms with E-state index < -0.39 is 17.7 Å². The second kappa shape index (κ2) is 7.90. The molecule has 32 heavy (non-hydrogen) atoms. The van der Waals surface area contributed by atoms with E-state index in [2.05, 4.69) is 16.0 Å². The van der Waals surface area contributed by atoms with Crippen LogP contribution in [0, 0.1) is 11.3 Å². The third kappa shape index (κ3) is 3.58. The molecule has 0 radical (unpaired) electrons. The van der Waals surface area contributed by atoms with Crippen molar-refractivity contribution in [1.29, 1.82) is 5.26 Å². The number of benzene rings is 2. The number of aromatic nitrogens is 2. The fourth-order valence-electron chi connectivity index (χ4n) is 4.13. The number of ether oxygens (including phenoxy) is 1. The van der Waals surface area contributed by atoms with E-state index in [0.29, 0.717) is 17.9 Å². The van der Waals surface area contributed by atoms with Crippen LogP contribution in [0.3, 0.4) is 0 Å². The molecule has 0 amide bonds. The maximum Gasteiger partial charge on any atom is 0.187 e. The first kappa shape index (κ1) is 20.4. The molecule has 0 fully saturated rings. The van der Waals surface area contributed by atoms with Crippen LogP contribution in [0.25, 0.3) is 10.2 Å². The second-order valence-corrected chi connectivity index (χ2v) is 9.42. The molecule has 0 saturated carbocycles. The smallest absolute Gasteiger partial charge is 0.187 e. The Morgan fingerprint density at radius 1 is 1.19 bits per heavy atom. The lowest BCUT2D eigenvalue weighted by Gasteiger charge is -2.46. The van der Waals surface area contributed by atoms with Crippen molar-refractivity contribution in [3.63, 3.8) is 0 Å². The molecule has 1 aliphatic rings. The number of hydrogen-bond acceptors (Lipinski definition) is 7. The van der Waals surface area contributed by atoms with Crippen LogP contribution in [-0.4, -0.2) is 26.8 Å². The molecule has 0 bridgehead atoms. The molecule has 160 valence electrons. The van der Waals surface area contributed by atoms with Gasteiger partial charge in [-0.05, 0) is 55.8 Å². The van der Waals surface area contributed by atoms with Gasteiger partial charge in [0.1, 0.15) is 17.5 Å². The van der Waals surface area contributed by atoms with Crippen molar-refractivity contribution < 1.29 is 9.84 Å². The van der Waals surface area contributed by atoms with E-state index in [-0.39, 0.29) is 0 Å². The summed E-state index contributed by atoms with van der Waals surface area (Å²) in [6.07, 6.45) is 2.71. The SMILES string of the molecule is CC1(C)Oc2ccc(C#N)cc2C(N(Cc2cccnc2)c2nc3ccccc3s2)[C@H]1O. The number of hydrogen-bond donors (Lipinski definition) is 1. The first-order chi connectivity index (χ1) is 15.5. The van der Waals surface area contributed by atoms with Gasteiger partial charge in [-0.25, -0.2) is 4.98 Å². The largest absolute Gasteiger partial charge is 0.485 e. The summed E-state index contributed by atoms with van der Waals surface area (Å²) >= 11 is 1.58. The Morgan fingerprint density at radius 3 is 2.78 bits per heavy atom. The Labute approximate surface area is 190 Å². The van der Waals surface area contributed by atoms with Gasteiger partial charge in [0.05, 0.1) is 27.9 Å². The highest BCUT2D eigenvalue weighted by Gasteiger charge is 2.46. The summed E-state index contributed by atoms with van der Waals surface area (Å²) in [4.78, 5) is 11.3. The molecule has 2 aromatic carbocycles. The van der Waals surface area contributed by atoms with E-state index in [1.165, 1.54) is 0 Å². The van der Waals surface area contributed by atoms with Gasteiger partial charge in [0, 0.05) is 24.5 Å². The van der Waals surface area contributed by atoms with Gasteiger partial charge in [-0.2, -0.15) is 5.26 Å². The molecular weight excluding hydrogens is 420 g/mol. The fraction of sp³-hybridized carbons (Fsp3) is 0.240. The van der Waals surface area contributed by atoms with Gasteiger partial charge in [-0.15, -0.1) is 0 Å². The zero-order chi connectivity index (χ0) is 22.3. The van der Waals surface area contributed by atoms with Crippen molar-refractivity contribution in [3.05, 3.63) is 83.7 Å². The Hall–Kier alpha value is -3.47. The Balaban J connectivity index is 1.70. The quantitative estimate of drug-likeness (QED) is 0.487. The van der Waals surface area contributed by atoms with Gasteiger partial charge in [-0.1, -0.05) is 29.5 Å². The molecule has 7 heteroatoms. The summed E-state index contributed by atoms with van der Waals surface area (Å²) in [5, 5.41) is 21.8. The average Bonchev–Trinajstić information content (AvgIpc) is 3.23. The summed E-state index contributed by atoms with van der Waals surface area (Å²) in [6, 6.07) is 19.0. The highest BCUT2D eigenvalue weighted by atomic mass is 32.1. The molecule has 0 saturated heterocycles. The van der Waals surface area contributed by atoms with Crippen molar-refractivity contribution in [1.82, 2.24) is 9.97 Å². The fourth-order valence-corrected chi connectivity index (χ4v) is 5.13. The number of thiazole rings is 1. The van der Waals surface area contributed by atoms with E-state index in [4.69, 9.17) is 9.72 Å². The van der Waals surface area contributed by atoms with Crippen LogP contribution in [0.4, 0.5) is 5.13 Å². The zero-order valence-corrected chi connectivity index (χ0v) is 18.6. The van der Waals surface area contributed by atoms with Crippen LogP contribution in [0.5, 0.6) is 5.75 Å². The topological polar surface area (TPSA) is 82.3 Å². The molecule has 1 aliphatic heterocycles. The lowest BCUT2D eigenvalue weighted by Crippen LogP contribution is -2.53. The molecule has 3 heterocycles. The first-order valence-corrected chi connectivity index (χ1v) is 11.2. The van der Waals surface area contributed by atoms with E-state index in [9.17, 15) is 10.4 Å². The predicted molar refractivity (Wildman–Crippen MR) is 125 cm³/mol. The summed E-state index contributed by atoms with van der Waals surface area (Å²) < 4.78 is 7.22. The van der Waals surface area contributed by atoms with Gasteiger partial charge in [0.15, 0.2) is 5.13 Å². The predicted octanol–water partition coefficient (Wildman–Crippen LogP) is 4.84. The van der Waals surface area contributed by atoms with Crippen molar-refractivity contribution in [2.45, 2.75) is 38.1 Å². The molecule has 2 aromatic heterocycles. The molecule has 4 aromatic rings. The number of aliphatic hydroxyl groups excluding tert-OH is 1. The minimum Gasteiger partial charge on any atom is -0.485 e. The Bertz CT molecular complexity index is 1280. The van der Waals surface area contributed by atoms with Crippen molar-refractivity contribution in [3.8, 4) is 11.8 Å². The number of rotatable bonds is 4. The van der Waals surface area contributed by atoms with Crippen LogP contribution in [0.1, 0.15) is 36.6 Å². The van der Waals surface area contributed by atoms with Crippen molar-refractivity contribution in [2.75, 3.05) is 4.90 Å². The molecule has 2 atom stereocenters. The van der Waals surface area contributed by atoms with Crippen molar-refractivity contribution >= 4 is 26.7 Å². The molecular formula is C25H22N4O2S. The summed E-state index contributed by atoms with van der Waals surface area (Å²) in [5.41, 5.74) is 2.39. The molecule has 1 unspecified atom stereocenters. The van der Waals surface area contributed by atoms with Gasteiger partial charge >= 0.3 is 0 Å². The Morgan fingerprint density at radius 2 is 2.03 bits per heavy atom. The van der Waals surface area contributed by atoms with Gasteiger partial charge in [0.2, 0.25) is 0 Å². The standard InChI is InChI=1S/C25H22N4O2S/c1-25(2)23(30)22(18-12-16(13-26)9-10-20(18)31-25)29(15-17-6-5-11-27-14-17)24-28-19-7-3-4-8-21(19)32-24/h3-12,14,22-23,30H,15H2,1-2H3/t22?,23-/m1/s1. The number of nitrogens with zero attached hydrogens (tertiary/aromatic N) is 4. The van der Waals surface area contributed by atoms with E-state index >= 15 is 0 Å². The highest BCUT2D eigenvalue weighted by molar-refractivity contribution is 7.22. The minimum absolute atomic E-state index is 0.456. The van der Waals surface area contributed by atoms with Gasteiger partial charge < -0.3 is 14.7 Å². The van der Waals surface area contributed by atoms with Crippen molar-refractivity contribution in [2.24, 2.45) is 0 Å². The number of anilines is 1. The third-order valence-corrected chi connectivity index (χ3v) is 6.86. The van der Waals surface area contributed by atoms with Crippen LogP contribution in [-0.2, 0) is 6.54 Å². The van der Waals surface area contributed by atoms with E-state index in [0.717, 1.165) is 26.5 Å². The number of fused-ring (bicyclic) bond motifs is 2. The van der Waals surface area contributed by atoms with E-state index in [1.54, 1.807) is 23.6 Å². The lowest BCUT2D eigenvalue weighted by atomic mass is 9.85. The highest BCUT2D eigenvalue weighted by Crippen LogP contribution is 2.46. The van der Waals surface area contributed by atoms with Gasteiger partial charge in [-0.3, -0.25) is 4.98 Å². The lowest BCUT2D eigenvalue weighted by molar-refractivity contribution is -0.0590. The second-order valence-electron chi connectivity index (χ2n) is 8.41. The molecule has 0 spiro atoms. The normalized spacial score (nSPS) is 19.1. The monoisotopic (exact) mass is 442 g/mol. The number of nitriles is 1.